The molecule has 1 saturated heterocycles. The third-order valence-corrected chi connectivity index (χ3v) is 4.50. The summed E-state index contributed by atoms with van der Waals surface area (Å²) >= 11 is 0. The molecule has 1 aromatic rings. The molecule has 160 valence electrons. The van der Waals surface area contributed by atoms with Crippen molar-refractivity contribution in [1.82, 2.24) is 15.5 Å². The molecular formula is C21H37IN4O2. The van der Waals surface area contributed by atoms with Gasteiger partial charge < -0.3 is 20.1 Å². The van der Waals surface area contributed by atoms with Gasteiger partial charge in [-0.25, -0.2) is 4.99 Å². The van der Waals surface area contributed by atoms with Crippen molar-refractivity contribution < 1.29 is 9.47 Å². The number of hydrogen-bond donors (Lipinski definition) is 2. The van der Waals surface area contributed by atoms with Crippen LogP contribution < -0.4 is 15.4 Å². The Bertz CT molecular complexity index is 560. The van der Waals surface area contributed by atoms with Gasteiger partial charge in [-0.1, -0.05) is 26.0 Å². The molecule has 0 bridgehead atoms. The Morgan fingerprint density at radius 1 is 1.14 bits per heavy atom. The molecule has 1 aromatic carbocycles. The predicted octanol–water partition coefficient (Wildman–Crippen LogP) is 3.12. The predicted molar refractivity (Wildman–Crippen MR) is 127 cm³/mol. The van der Waals surface area contributed by atoms with Crippen LogP contribution in [0.25, 0.3) is 0 Å². The van der Waals surface area contributed by atoms with E-state index in [0.717, 1.165) is 57.7 Å². The van der Waals surface area contributed by atoms with Gasteiger partial charge >= 0.3 is 0 Å². The molecular weight excluding hydrogens is 467 g/mol. The number of ether oxygens (including phenoxy) is 2. The summed E-state index contributed by atoms with van der Waals surface area (Å²) in [5.41, 5.74) is 1.17. The third kappa shape index (κ3) is 9.43. The number of halogens is 1. The molecule has 1 unspecified atom stereocenters. The van der Waals surface area contributed by atoms with Crippen molar-refractivity contribution in [3.63, 3.8) is 0 Å². The lowest BCUT2D eigenvalue weighted by Crippen LogP contribution is -2.49. The zero-order chi connectivity index (χ0) is 19.5. The van der Waals surface area contributed by atoms with E-state index in [1.165, 1.54) is 5.56 Å². The zero-order valence-electron chi connectivity index (χ0n) is 17.7. The molecule has 1 aliphatic rings. The van der Waals surface area contributed by atoms with Crippen LogP contribution in [0.1, 0.15) is 33.3 Å². The van der Waals surface area contributed by atoms with Crippen molar-refractivity contribution in [2.45, 2.75) is 40.3 Å². The molecule has 0 radical (unpaired) electrons. The van der Waals surface area contributed by atoms with Crippen LogP contribution in [0.5, 0.6) is 5.75 Å². The van der Waals surface area contributed by atoms with Gasteiger partial charge in [-0.3, -0.25) is 4.90 Å². The molecule has 0 saturated carbocycles. The zero-order valence-corrected chi connectivity index (χ0v) is 20.1. The van der Waals surface area contributed by atoms with Crippen molar-refractivity contribution in [2.75, 3.05) is 46.0 Å². The molecule has 0 spiro atoms. The average molecular weight is 504 g/mol. The lowest BCUT2D eigenvalue weighted by Gasteiger charge is -2.32. The highest BCUT2D eigenvalue weighted by molar-refractivity contribution is 14.0. The summed E-state index contributed by atoms with van der Waals surface area (Å²) in [6, 6.07) is 8.66. The number of nitrogens with one attached hydrogen (secondary N) is 2. The van der Waals surface area contributed by atoms with E-state index in [4.69, 9.17) is 14.5 Å². The van der Waals surface area contributed by atoms with Gasteiger partial charge in [0.05, 0.1) is 26.4 Å². The van der Waals surface area contributed by atoms with Crippen molar-refractivity contribution in [3.8, 4) is 5.75 Å². The normalized spacial score (nSPS) is 16.4. The van der Waals surface area contributed by atoms with Gasteiger partial charge in [0.2, 0.25) is 0 Å². The van der Waals surface area contributed by atoms with Gasteiger partial charge in [-0.15, -0.1) is 24.0 Å². The standard InChI is InChI=1S/C21H36N4O2.HI/c1-5-22-21(23-14-18(4)25-10-12-26-13-11-25)24-15-19-6-8-20(9-7-19)27-16-17(2)3;/h6-9,17-18H,5,10-16H2,1-4H3,(H2,22,23,24);1H. The molecule has 0 amide bonds. The van der Waals surface area contributed by atoms with Crippen molar-refractivity contribution in [3.05, 3.63) is 29.8 Å². The highest BCUT2D eigenvalue weighted by Gasteiger charge is 2.16. The van der Waals surface area contributed by atoms with E-state index in [9.17, 15) is 0 Å². The van der Waals surface area contributed by atoms with E-state index in [1.54, 1.807) is 0 Å². The van der Waals surface area contributed by atoms with Crippen LogP contribution in [0.3, 0.4) is 0 Å². The van der Waals surface area contributed by atoms with Crippen LogP contribution in [0.4, 0.5) is 0 Å². The number of hydrogen-bond acceptors (Lipinski definition) is 4. The Balaban J connectivity index is 0.00000392. The smallest absolute Gasteiger partial charge is 0.191 e. The van der Waals surface area contributed by atoms with Crippen LogP contribution in [0, 0.1) is 5.92 Å². The summed E-state index contributed by atoms with van der Waals surface area (Å²) in [6.45, 7) is 15.4. The van der Waals surface area contributed by atoms with Crippen LogP contribution in [0.2, 0.25) is 0 Å². The van der Waals surface area contributed by atoms with Crippen LogP contribution in [-0.4, -0.2) is 62.9 Å². The van der Waals surface area contributed by atoms with E-state index in [1.807, 2.05) is 12.1 Å². The number of nitrogens with zero attached hydrogens (tertiary/aromatic N) is 2. The van der Waals surface area contributed by atoms with Crippen molar-refractivity contribution >= 4 is 29.9 Å². The Morgan fingerprint density at radius 3 is 2.43 bits per heavy atom. The molecule has 1 fully saturated rings. The lowest BCUT2D eigenvalue weighted by molar-refractivity contribution is 0.0211. The maximum atomic E-state index is 5.74. The fourth-order valence-electron chi connectivity index (χ4n) is 2.86. The van der Waals surface area contributed by atoms with Gasteiger partial charge in [-0.2, -0.15) is 0 Å². The monoisotopic (exact) mass is 504 g/mol. The van der Waals surface area contributed by atoms with Gasteiger partial charge in [-0.05, 0) is 37.5 Å². The minimum Gasteiger partial charge on any atom is -0.493 e. The average Bonchev–Trinajstić information content (AvgIpc) is 2.69. The largest absolute Gasteiger partial charge is 0.493 e. The highest BCUT2D eigenvalue weighted by atomic mass is 127. The van der Waals surface area contributed by atoms with Gasteiger partial charge in [0.25, 0.3) is 0 Å². The quantitative estimate of drug-likeness (QED) is 0.308. The topological polar surface area (TPSA) is 58.1 Å². The number of aliphatic imine (C=N–C) groups is 1. The van der Waals surface area contributed by atoms with E-state index in [-0.39, 0.29) is 24.0 Å². The summed E-state index contributed by atoms with van der Waals surface area (Å²) in [5, 5.41) is 6.79. The van der Waals surface area contributed by atoms with Gasteiger partial charge in [0.1, 0.15) is 5.75 Å². The second-order valence-electron chi connectivity index (χ2n) is 7.42. The Hall–Kier alpha value is -1.06. The molecule has 7 heteroatoms. The molecule has 6 nitrogen and oxygen atoms in total. The lowest BCUT2D eigenvalue weighted by atomic mass is 10.2. The molecule has 1 atom stereocenters. The molecule has 2 rings (SSSR count). The fourth-order valence-corrected chi connectivity index (χ4v) is 2.86. The summed E-state index contributed by atoms with van der Waals surface area (Å²) in [7, 11) is 0. The maximum Gasteiger partial charge on any atom is 0.191 e. The molecule has 28 heavy (non-hydrogen) atoms. The SMILES string of the molecule is CCNC(=NCc1ccc(OCC(C)C)cc1)NCC(C)N1CCOCC1.I. The van der Waals surface area contributed by atoms with Crippen LogP contribution >= 0.6 is 24.0 Å². The number of guanidine groups is 1. The van der Waals surface area contributed by atoms with Gasteiger partial charge in [0.15, 0.2) is 5.96 Å². The fraction of sp³-hybridized carbons (Fsp3) is 0.667. The first-order valence-corrected chi connectivity index (χ1v) is 10.1. The van der Waals surface area contributed by atoms with Gasteiger partial charge in [0, 0.05) is 32.2 Å². The maximum absolute atomic E-state index is 5.74. The first-order valence-electron chi connectivity index (χ1n) is 10.1. The Morgan fingerprint density at radius 2 is 1.82 bits per heavy atom. The van der Waals surface area contributed by atoms with E-state index in [0.29, 0.717) is 18.5 Å². The Kier molecular flexibility index (Phi) is 12.5. The summed E-state index contributed by atoms with van der Waals surface area (Å²) in [6.07, 6.45) is 0. The summed E-state index contributed by atoms with van der Waals surface area (Å²) in [4.78, 5) is 7.17. The summed E-state index contributed by atoms with van der Waals surface area (Å²) in [5.74, 6) is 2.31. The van der Waals surface area contributed by atoms with Crippen LogP contribution in [0.15, 0.2) is 29.3 Å². The second-order valence-corrected chi connectivity index (χ2v) is 7.42. The molecule has 0 aliphatic carbocycles. The first-order chi connectivity index (χ1) is 13.1. The number of morpholine rings is 1. The first kappa shape index (κ1) is 25.0. The van der Waals surface area contributed by atoms with E-state index < -0.39 is 0 Å². The molecule has 0 aromatic heterocycles. The van der Waals surface area contributed by atoms with Crippen molar-refractivity contribution in [1.29, 1.82) is 0 Å². The minimum absolute atomic E-state index is 0. The Labute approximate surface area is 187 Å². The molecule has 1 aliphatic heterocycles. The van der Waals surface area contributed by atoms with E-state index >= 15 is 0 Å². The summed E-state index contributed by atoms with van der Waals surface area (Å²) < 4.78 is 11.2. The highest BCUT2D eigenvalue weighted by Crippen LogP contribution is 2.14. The van der Waals surface area contributed by atoms with Crippen molar-refractivity contribution in [2.24, 2.45) is 10.9 Å². The molecule has 1 heterocycles. The van der Waals surface area contributed by atoms with E-state index in [2.05, 4.69) is 55.4 Å². The minimum atomic E-state index is 0. The number of rotatable bonds is 9. The molecule has 2 N–H and O–H groups in total. The second kappa shape index (κ2) is 14.0. The third-order valence-electron chi connectivity index (χ3n) is 4.50. The number of benzene rings is 1. The van der Waals surface area contributed by atoms with Crippen LogP contribution in [-0.2, 0) is 11.3 Å².